The fourth-order valence-electron chi connectivity index (χ4n) is 5.01. The van der Waals surface area contributed by atoms with E-state index < -0.39 is 6.10 Å². The molecule has 160 valence electrons. The van der Waals surface area contributed by atoms with Crippen LogP contribution >= 0.6 is 0 Å². The molecular formula is C21H33N5O3. The SMILES string of the molecule is COc1ccnc(NC2CCC(C(=O)N3C[C@H](O)[C@@H](N4CCCCC4)C3)CC2)n1. The number of aliphatic hydroxyl groups excluding tert-OH is 1. The van der Waals surface area contributed by atoms with Crippen molar-refractivity contribution < 1.29 is 14.6 Å². The van der Waals surface area contributed by atoms with Crippen molar-refractivity contribution in [3.05, 3.63) is 12.3 Å². The zero-order valence-corrected chi connectivity index (χ0v) is 17.3. The number of aliphatic hydroxyl groups is 1. The van der Waals surface area contributed by atoms with Gasteiger partial charge in [-0.1, -0.05) is 6.42 Å². The fourth-order valence-corrected chi connectivity index (χ4v) is 5.01. The maximum atomic E-state index is 13.1. The number of hydrogen-bond donors (Lipinski definition) is 2. The second kappa shape index (κ2) is 9.26. The van der Waals surface area contributed by atoms with E-state index in [2.05, 4.69) is 20.2 Å². The lowest BCUT2D eigenvalue weighted by atomic mass is 9.85. The first-order valence-corrected chi connectivity index (χ1v) is 11.0. The quantitative estimate of drug-likeness (QED) is 0.770. The summed E-state index contributed by atoms with van der Waals surface area (Å²) in [6.45, 7) is 3.26. The highest BCUT2D eigenvalue weighted by Gasteiger charge is 2.40. The third-order valence-electron chi connectivity index (χ3n) is 6.68. The van der Waals surface area contributed by atoms with E-state index in [9.17, 15) is 9.90 Å². The molecule has 2 N–H and O–H groups in total. The van der Waals surface area contributed by atoms with Crippen LogP contribution in [0.1, 0.15) is 44.9 Å². The number of carbonyl (C=O) groups is 1. The maximum Gasteiger partial charge on any atom is 0.226 e. The number of rotatable bonds is 5. The number of anilines is 1. The van der Waals surface area contributed by atoms with E-state index in [-0.39, 0.29) is 23.9 Å². The second-order valence-corrected chi connectivity index (χ2v) is 8.59. The van der Waals surface area contributed by atoms with Gasteiger partial charge in [-0.15, -0.1) is 0 Å². The van der Waals surface area contributed by atoms with E-state index in [0.29, 0.717) is 24.9 Å². The molecule has 1 aromatic rings. The summed E-state index contributed by atoms with van der Waals surface area (Å²) in [5, 5.41) is 13.9. The number of likely N-dealkylation sites (tertiary alicyclic amines) is 2. The molecule has 1 aliphatic carbocycles. The summed E-state index contributed by atoms with van der Waals surface area (Å²) < 4.78 is 5.15. The minimum Gasteiger partial charge on any atom is -0.481 e. The summed E-state index contributed by atoms with van der Waals surface area (Å²) >= 11 is 0. The molecule has 3 fully saturated rings. The Morgan fingerprint density at radius 2 is 1.93 bits per heavy atom. The third-order valence-corrected chi connectivity index (χ3v) is 6.68. The van der Waals surface area contributed by atoms with Gasteiger partial charge in [-0.25, -0.2) is 4.98 Å². The average molecular weight is 404 g/mol. The number of nitrogens with zero attached hydrogens (tertiary/aromatic N) is 4. The van der Waals surface area contributed by atoms with Crippen molar-refractivity contribution in [2.24, 2.45) is 5.92 Å². The minimum absolute atomic E-state index is 0.0617. The van der Waals surface area contributed by atoms with Crippen LogP contribution in [0.4, 0.5) is 5.95 Å². The van der Waals surface area contributed by atoms with Gasteiger partial charge in [-0.2, -0.15) is 4.98 Å². The van der Waals surface area contributed by atoms with Crippen LogP contribution in [-0.4, -0.2) is 82.3 Å². The van der Waals surface area contributed by atoms with E-state index >= 15 is 0 Å². The molecule has 0 bridgehead atoms. The Balaban J connectivity index is 1.26. The zero-order chi connectivity index (χ0) is 20.2. The van der Waals surface area contributed by atoms with Gasteiger partial charge in [0.2, 0.25) is 17.7 Å². The summed E-state index contributed by atoms with van der Waals surface area (Å²) in [6.07, 6.45) is 8.51. The molecule has 8 heteroatoms. The van der Waals surface area contributed by atoms with E-state index in [0.717, 1.165) is 38.8 Å². The molecule has 0 unspecified atom stereocenters. The Bertz CT molecular complexity index is 689. The first kappa shape index (κ1) is 20.3. The van der Waals surface area contributed by atoms with Crippen LogP contribution < -0.4 is 10.1 Å². The van der Waals surface area contributed by atoms with Crippen LogP contribution in [0.25, 0.3) is 0 Å². The lowest BCUT2D eigenvalue weighted by Gasteiger charge is -2.34. The minimum atomic E-state index is -0.416. The Morgan fingerprint density at radius 3 is 2.66 bits per heavy atom. The van der Waals surface area contributed by atoms with E-state index in [4.69, 9.17) is 4.74 Å². The number of methoxy groups -OCH3 is 1. The van der Waals surface area contributed by atoms with Crippen molar-refractivity contribution in [2.75, 3.05) is 38.6 Å². The molecule has 4 rings (SSSR count). The Morgan fingerprint density at radius 1 is 1.17 bits per heavy atom. The van der Waals surface area contributed by atoms with Crippen LogP contribution in [0.3, 0.4) is 0 Å². The molecule has 29 heavy (non-hydrogen) atoms. The molecule has 1 saturated carbocycles. The van der Waals surface area contributed by atoms with Crippen molar-refractivity contribution >= 4 is 11.9 Å². The number of β-amino-alcohol motifs (C(OH)–C–C–N with tert-alkyl or cyclic N) is 1. The highest BCUT2D eigenvalue weighted by Crippen LogP contribution is 2.30. The van der Waals surface area contributed by atoms with Gasteiger partial charge in [-0.3, -0.25) is 9.69 Å². The standard InChI is InChI=1S/C21H33N5O3/c1-29-19-9-10-22-21(24-19)23-16-7-5-15(6-8-16)20(28)26-13-17(18(27)14-26)25-11-3-2-4-12-25/h9-10,15-18,27H,2-8,11-14H2,1H3,(H,22,23,24)/t15?,16?,17-,18-/m0/s1. The molecule has 8 nitrogen and oxygen atoms in total. The largest absolute Gasteiger partial charge is 0.481 e. The molecule has 1 aromatic heterocycles. The summed E-state index contributed by atoms with van der Waals surface area (Å²) in [4.78, 5) is 25.9. The van der Waals surface area contributed by atoms with Crippen LogP contribution in [0, 0.1) is 5.92 Å². The first-order chi connectivity index (χ1) is 14.1. The summed E-state index contributed by atoms with van der Waals surface area (Å²) in [6, 6.07) is 2.11. The topological polar surface area (TPSA) is 90.8 Å². The van der Waals surface area contributed by atoms with Gasteiger partial charge in [0.1, 0.15) is 0 Å². The highest BCUT2D eigenvalue weighted by atomic mass is 16.5. The van der Waals surface area contributed by atoms with Crippen molar-refractivity contribution in [1.29, 1.82) is 0 Å². The molecule has 2 saturated heterocycles. The molecule has 0 aromatic carbocycles. The molecule has 3 heterocycles. The van der Waals surface area contributed by atoms with Gasteiger partial charge >= 0.3 is 0 Å². The number of nitrogens with one attached hydrogen (secondary N) is 1. The van der Waals surface area contributed by atoms with Gasteiger partial charge in [0.25, 0.3) is 0 Å². The summed E-state index contributed by atoms with van der Waals surface area (Å²) in [5.74, 6) is 1.40. The van der Waals surface area contributed by atoms with Crippen LogP contribution in [0.5, 0.6) is 5.88 Å². The first-order valence-electron chi connectivity index (χ1n) is 11.0. The molecule has 0 spiro atoms. The zero-order valence-electron chi connectivity index (χ0n) is 17.3. The van der Waals surface area contributed by atoms with Crippen molar-refractivity contribution in [2.45, 2.75) is 63.1 Å². The smallest absolute Gasteiger partial charge is 0.226 e. The van der Waals surface area contributed by atoms with Gasteiger partial charge < -0.3 is 20.1 Å². The molecular weight excluding hydrogens is 370 g/mol. The monoisotopic (exact) mass is 403 g/mol. The predicted octanol–water partition coefficient (Wildman–Crippen LogP) is 1.51. The number of aromatic nitrogens is 2. The third kappa shape index (κ3) is 4.80. The molecule has 1 amide bonds. The van der Waals surface area contributed by atoms with Gasteiger partial charge in [-0.05, 0) is 51.6 Å². The van der Waals surface area contributed by atoms with E-state index in [1.165, 1.54) is 19.3 Å². The average Bonchev–Trinajstić information content (AvgIpc) is 3.16. The van der Waals surface area contributed by atoms with Gasteiger partial charge in [0, 0.05) is 37.3 Å². The Hall–Kier alpha value is -1.93. The Kier molecular flexibility index (Phi) is 6.50. The summed E-state index contributed by atoms with van der Waals surface area (Å²) in [5.41, 5.74) is 0. The van der Waals surface area contributed by atoms with Crippen LogP contribution in [0.2, 0.25) is 0 Å². The van der Waals surface area contributed by atoms with E-state index in [1.807, 2.05) is 4.90 Å². The normalized spacial score (nSPS) is 30.9. The van der Waals surface area contributed by atoms with Gasteiger partial charge in [0.15, 0.2) is 0 Å². The maximum absolute atomic E-state index is 13.1. The Labute approximate surface area is 172 Å². The highest BCUT2D eigenvalue weighted by molar-refractivity contribution is 5.79. The lowest BCUT2D eigenvalue weighted by molar-refractivity contribution is -0.136. The summed E-state index contributed by atoms with van der Waals surface area (Å²) in [7, 11) is 1.59. The predicted molar refractivity (Wildman–Crippen MR) is 110 cm³/mol. The number of piperidine rings is 1. The number of ether oxygens (including phenoxy) is 1. The second-order valence-electron chi connectivity index (χ2n) is 8.59. The molecule has 2 aliphatic heterocycles. The fraction of sp³-hybridized carbons (Fsp3) is 0.762. The van der Waals surface area contributed by atoms with Crippen molar-refractivity contribution in [1.82, 2.24) is 19.8 Å². The lowest BCUT2D eigenvalue weighted by Crippen LogP contribution is -2.46. The van der Waals surface area contributed by atoms with Crippen LogP contribution in [-0.2, 0) is 4.79 Å². The number of hydrogen-bond acceptors (Lipinski definition) is 7. The number of carbonyl (C=O) groups excluding carboxylic acids is 1. The van der Waals surface area contributed by atoms with E-state index in [1.54, 1.807) is 19.4 Å². The van der Waals surface area contributed by atoms with Gasteiger partial charge in [0.05, 0.1) is 19.3 Å². The molecule has 2 atom stereocenters. The van der Waals surface area contributed by atoms with Crippen LogP contribution in [0.15, 0.2) is 12.3 Å². The number of amides is 1. The van der Waals surface area contributed by atoms with Crippen molar-refractivity contribution in [3.8, 4) is 5.88 Å². The van der Waals surface area contributed by atoms with Crippen molar-refractivity contribution in [3.63, 3.8) is 0 Å². The molecule has 0 radical (unpaired) electrons. The molecule has 3 aliphatic rings.